The second kappa shape index (κ2) is 6.93. The standard InChI is InChI=1S/C11H19N3O5/c1-7(15)8-2-3-14(6-8)11(19)13-4-9(16)12-5-10(17)18/h7-8,15H,2-6H2,1H3,(H,12,16)(H,13,19)(H,17,18). The minimum absolute atomic E-state index is 0.0617. The Kier molecular flexibility index (Phi) is 5.56. The van der Waals surface area contributed by atoms with Crippen LogP contribution in [0.1, 0.15) is 13.3 Å². The molecule has 0 radical (unpaired) electrons. The molecular formula is C11H19N3O5. The van der Waals surface area contributed by atoms with Gasteiger partial charge in [0.15, 0.2) is 0 Å². The summed E-state index contributed by atoms with van der Waals surface area (Å²) in [4.78, 5) is 34.6. The molecule has 1 saturated heterocycles. The fraction of sp³-hybridized carbons (Fsp3) is 0.727. The molecule has 1 aliphatic rings. The number of rotatable bonds is 5. The van der Waals surface area contributed by atoms with Crippen LogP contribution in [0.25, 0.3) is 0 Å². The van der Waals surface area contributed by atoms with Crippen LogP contribution in [0, 0.1) is 5.92 Å². The molecule has 3 amide bonds. The number of urea groups is 1. The quantitative estimate of drug-likeness (QED) is 0.491. The normalized spacial score (nSPS) is 19.9. The van der Waals surface area contributed by atoms with Gasteiger partial charge in [-0.2, -0.15) is 0 Å². The van der Waals surface area contributed by atoms with Crippen LogP contribution in [-0.4, -0.2) is 65.3 Å². The van der Waals surface area contributed by atoms with Crippen molar-refractivity contribution in [1.82, 2.24) is 15.5 Å². The van der Waals surface area contributed by atoms with E-state index in [1.807, 2.05) is 0 Å². The average Bonchev–Trinajstić information content (AvgIpc) is 2.83. The molecule has 0 bridgehead atoms. The molecule has 0 saturated carbocycles. The molecule has 0 aromatic carbocycles. The lowest BCUT2D eigenvalue weighted by Crippen LogP contribution is -2.44. The van der Waals surface area contributed by atoms with Gasteiger partial charge in [0, 0.05) is 19.0 Å². The third kappa shape index (κ3) is 5.12. The number of amides is 3. The third-order valence-electron chi connectivity index (χ3n) is 3.03. The molecule has 1 fully saturated rings. The number of carbonyl (C=O) groups excluding carboxylic acids is 2. The van der Waals surface area contributed by atoms with Gasteiger partial charge >= 0.3 is 12.0 Å². The number of aliphatic hydroxyl groups is 1. The zero-order valence-electron chi connectivity index (χ0n) is 10.8. The Morgan fingerprint density at radius 1 is 1.32 bits per heavy atom. The Labute approximate surface area is 110 Å². The molecule has 0 aromatic heterocycles. The van der Waals surface area contributed by atoms with Crippen LogP contribution in [0.15, 0.2) is 0 Å². The van der Waals surface area contributed by atoms with Crippen LogP contribution >= 0.6 is 0 Å². The molecule has 1 rings (SSSR count). The lowest BCUT2D eigenvalue weighted by atomic mass is 10.0. The molecule has 108 valence electrons. The zero-order valence-corrected chi connectivity index (χ0v) is 10.8. The maximum Gasteiger partial charge on any atom is 0.322 e. The lowest BCUT2D eigenvalue weighted by molar-refractivity contribution is -0.137. The second-order valence-corrected chi connectivity index (χ2v) is 4.56. The molecule has 19 heavy (non-hydrogen) atoms. The number of aliphatic hydroxyl groups excluding tert-OH is 1. The van der Waals surface area contributed by atoms with Gasteiger partial charge in [-0.15, -0.1) is 0 Å². The number of hydrogen-bond acceptors (Lipinski definition) is 4. The second-order valence-electron chi connectivity index (χ2n) is 4.56. The molecule has 2 unspecified atom stereocenters. The van der Waals surface area contributed by atoms with Crippen LogP contribution in [0.2, 0.25) is 0 Å². The minimum Gasteiger partial charge on any atom is -0.480 e. The summed E-state index contributed by atoms with van der Waals surface area (Å²) in [7, 11) is 0. The van der Waals surface area contributed by atoms with Crippen LogP contribution in [0.5, 0.6) is 0 Å². The summed E-state index contributed by atoms with van der Waals surface area (Å²) in [6.07, 6.45) is 0.271. The van der Waals surface area contributed by atoms with Crippen molar-refractivity contribution in [1.29, 1.82) is 0 Å². The third-order valence-corrected chi connectivity index (χ3v) is 3.03. The van der Waals surface area contributed by atoms with Crippen LogP contribution in [0.4, 0.5) is 4.79 Å². The van der Waals surface area contributed by atoms with Gasteiger partial charge in [0.1, 0.15) is 6.54 Å². The van der Waals surface area contributed by atoms with Crippen molar-refractivity contribution >= 4 is 17.9 Å². The number of carbonyl (C=O) groups is 3. The largest absolute Gasteiger partial charge is 0.480 e. The highest BCUT2D eigenvalue weighted by atomic mass is 16.4. The molecular weight excluding hydrogens is 254 g/mol. The summed E-state index contributed by atoms with van der Waals surface area (Å²) >= 11 is 0. The van der Waals surface area contributed by atoms with Crippen molar-refractivity contribution < 1.29 is 24.6 Å². The van der Waals surface area contributed by atoms with Gasteiger partial charge in [-0.05, 0) is 13.3 Å². The summed E-state index contributed by atoms with van der Waals surface area (Å²) in [5.41, 5.74) is 0. The SMILES string of the molecule is CC(O)C1CCN(C(=O)NCC(=O)NCC(=O)O)C1. The average molecular weight is 273 g/mol. The Hall–Kier alpha value is -1.83. The number of nitrogens with one attached hydrogen (secondary N) is 2. The number of carboxylic acid groups (broad SMARTS) is 1. The Morgan fingerprint density at radius 2 is 2.00 bits per heavy atom. The van der Waals surface area contributed by atoms with Crippen molar-refractivity contribution in [3.05, 3.63) is 0 Å². The molecule has 1 aliphatic heterocycles. The summed E-state index contributed by atoms with van der Waals surface area (Å²) in [6, 6.07) is -0.381. The van der Waals surface area contributed by atoms with E-state index in [4.69, 9.17) is 5.11 Å². The molecule has 4 N–H and O–H groups in total. The van der Waals surface area contributed by atoms with E-state index in [2.05, 4.69) is 10.6 Å². The minimum atomic E-state index is -1.14. The van der Waals surface area contributed by atoms with Gasteiger partial charge in [0.2, 0.25) is 5.91 Å². The van der Waals surface area contributed by atoms with Gasteiger partial charge < -0.3 is 25.7 Å². The first-order chi connectivity index (χ1) is 8.90. The lowest BCUT2D eigenvalue weighted by Gasteiger charge is -2.18. The number of likely N-dealkylation sites (tertiary alicyclic amines) is 1. The maximum atomic E-state index is 11.7. The van der Waals surface area contributed by atoms with Crippen molar-refractivity contribution in [2.45, 2.75) is 19.4 Å². The van der Waals surface area contributed by atoms with E-state index in [-0.39, 0.29) is 18.5 Å². The van der Waals surface area contributed by atoms with Crippen molar-refractivity contribution in [3.63, 3.8) is 0 Å². The summed E-state index contributed by atoms with van der Waals surface area (Å²) in [5, 5.41) is 22.3. The number of carboxylic acids is 1. The van der Waals surface area contributed by atoms with E-state index in [1.165, 1.54) is 4.90 Å². The van der Waals surface area contributed by atoms with E-state index >= 15 is 0 Å². The van der Waals surface area contributed by atoms with Crippen molar-refractivity contribution in [2.24, 2.45) is 5.92 Å². The number of hydrogen-bond donors (Lipinski definition) is 4. The molecule has 0 aromatic rings. The van der Waals surface area contributed by atoms with Crippen molar-refractivity contribution in [3.8, 4) is 0 Å². The number of nitrogens with zero attached hydrogens (tertiary/aromatic N) is 1. The van der Waals surface area contributed by atoms with Crippen LogP contribution < -0.4 is 10.6 Å². The summed E-state index contributed by atoms with van der Waals surface area (Å²) < 4.78 is 0. The fourth-order valence-corrected chi connectivity index (χ4v) is 1.87. The van der Waals surface area contributed by atoms with Crippen LogP contribution in [-0.2, 0) is 9.59 Å². The molecule has 1 heterocycles. The molecule has 2 atom stereocenters. The van der Waals surface area contributed by atoms with Gasteiger partial charge in [-0.3, -0.25) is 9.59 Å². The summed E-state index contributed by atoms with van der Waals surface area (Å²) in [5.74, 6) is -1.63. The highest BCUT2D eigenvalue weighted by molar-refractivity contribution is 5.86. The molecule has 0 aliphatic carbocycles. The first kappa shape index (κ1) is 15.2. The Balaban J connectivity index is 2.25. The predicted molar refractivity (Wildman–Crippen MR) is 65.4 cm³/mol. The van der Waals surface area contributed by atoms with Gasteiger partial charge in [0.25, 0.3) is 0 Å². The monoisotopic (exact) mass is 273 g/mol. The predicted octanol–water partition coefficient (Wildman–Crippen LogP) is -1.40. The van der Waals surface area contributed by atoms with Crippen molar-refractivity contribution in [2.75, 3.05) is 26.2 Å². The van der Waals surface area contributed by atoms with E-state index in [0.29, 0.717) is 13.1 Å². The highest BCUT2D eigenvalue weighted by Crippen LogP contribution is 2.19. The Bertz CT molecular complexity index is 358. The molecule has 0 spiro atoms. The highest BCUT2D eigenvalue weighted by Gasteiger charge is 2.28. The zero-order chi connectivity index (χ0) is 14.4. The topological polar surface area (TPSA) is 119 Å². The molecule has 8 heteroatoms. The van der Waals surface area contributed by atoms with Gasteiger partial charge in [-0.25, -0.2) is 4.79 Å². The van der Waals surface area contributed by atoms with E-state index in [1.54, 1.807) is 6.92 Å². The number of aliphatic carboxylic acids is 1. The van der Waals surface area contributed by atoms with Gasteiger partial charge in [0.05, 0.1) is 12.6 Å². The smallest absolute Gasteiger partial charge is 0.322 e. The van der Waals surface area contributed by atoms with Crippen LogP contribution in [0.3, 0.4) is 0 Å². The maximum absolute atomic E-state index is 11.7. The first-order valence-corrected chi connectivity index (χ1v) is 6.09. The van der Waals surface area contributed by atoms with E-state index in [0.717, 1.165) is 6.42 Å². The molecule has 8 nitrogen and oxygen atoms in total. The Morgan fingerprint density at radius 3 is 2.53 bits per heavy atom. The summed E-state index contributed by atoms with van der Waals surface area (Å²) in [6.45, 7) is 1.95. The first-order valence-electron chi connectivity index (χ1n) is 6.09. The van der Waals surface area contributed by atoms with Gasteiger partial charge in [-0.1, -0.05) is 0 Å². The fourth-order valence-electron chi connectivity index (χ4n) is 1.87. The van der Waals surface area contributed by atoms with E-state index in [9.17, 15) is 19.5 Å². The van der Waals surface area contributed by atoms with E-state index < -0.39 is 24.5 Å².